The van der Waals surface area contributed by atoms with Gasteiger partial charge in [-0.15, -0.1) is 0 Å². The molecular formula is C17H16F3NO4S. The second-order valence-corrected chi connectivity index (χ2v) is 6.17. The van der Waals surface area contributed by atoms with Crippen LogP contribution in [0.4, 0.5) is 13.2 Å². The highest BCUT2D eigenvalue weighted by molar-refractivity contribution is 7.95. The van der Waals surface area contributed by atoms with Crippen molar-refractivity contribution in [3.63, 3.8) is 0 Å². The molecule has 2 aromatic rings. The molecule has 0 radical (unpaired) electrons. The molecule has 26 heavy (non-hydrogen) atoms. The quantitative estimate of drug-likeness (QED) is 0.558. The van der Waals surface area contributed by atoms with Crippen molar-refractivity contribution in [2.75, 3.05) is 7.11 Å². The zero-order valence-electron chi connectivity index (χ0n) is 14.0. The molecule has 0 aliphatic heterocycles. The highest BCUT2D eigenvalue weighted by Crippen LogP contribution is 2.32. The first-order chi connectivity index (χ1) is 12.2. The largest absolute Gasteiger partial charge is 0.479 e. The van der Waals surface area contributed by atoms with E-state index in [1.807, 2.05) is 0 Å². The van der Waals surface area contributed by atoms with E-state index in [0.717, 1.165) is 11.6 Å². The molecule has 0 bridgehead atoms. The van der Waals surface area contributed by atoms with Gasteiger partial charge in [-0.3, -0.25) is 4.79 Å². The fraction of sp³-hybridized carbons (Fsp3) is 0.294. The average Bonchev–Trinajstić information content (AvgIpc) is 2.58. The van der Waals surface area contributed by atoms with Crippen LogP contribution in [0.25, 0.3) is 0 Å². The van der Waals surface area contributed by atoms with E-state index in [1.165, 1.54) is 17.7 Å². The van der Waals surface area contributed by atoms with Gasteiger partial charge in [0, 0.05) is 24.4 Å². The van der Waals surface area contributed by atoms with Gasteiger partial charge in [-0.25, -0.2) is 4.79 Å². The number of hydrogen-bond donors (Lipinski definition) is 0. The number of halogens is 3. The number of benzene rings is 1. The van der Waals surface area contributed by atoms with Crippen molar-refractivity contribution in [3.05, 3.63) is 63.6 Å². The highest BCUT2D eigenvalue weighted by Gasteiger charge is 2.31. The Labute approximate surface area is 151 Å². The molecule has 0 atom stereocenters. The molecule has 0 spiro atoms. The molecule has 0 fully saturated rings. The normalized spacial score (nSPS) is 11.3. The molecule has 1 aromatic heterocycles. The maximum atomic E-state index is 12.2. The minimum absolute atomic E-state index is 0.145. The predicted molar refractivity (Wildman–Crippen MR) is 91.2 cm³/mol. The van der Waals surface area contributed by atoms with Crippen LogP contribution in [-0.2, 0) is 17.7 Å². The van der Waals surface area contributed by atoms with Crippen molar-refractivity contribution in [2.24, 2.45) is 0 Å². The summed E-state index contributed by atoms with van der Waals surface area (Å²) in [6.45, 7) is 1.96. The number of carbonyl (C=O) groups is 1. The lowest BCUT2D eigenvalue weighted by Crippen LogP contribution is -2.22. The SMILES string of the molecule is COC(=O)c1ccc(CCn2c(C)cc(OSC(F)(F)F)cc2=O)cc1. The number of alkyl halides is 3. The number of esters is 1. The number of hydrogen-bond acceptors (Lipinski definition) is 5. The molecule has 0 aliphatic rings. The maximum Gasteiger partial charge on any atom is 0.479 e. The minimum atomic E-state index is -4.54. The van der Waals surface area contributed by atoms with Crippen LogP contribution in [0.5, 0.6) is 5.75 Å². The van der Waals surface area contributed by atoms with Crippen LogP contribution >= 0.6 is 12.0 Å². The molecule has 0 saturated carbocycles. The summed E-state index contributed by atoms with van der Waals surface area (Å²) in [6, 6.07) is 9.16. The minimum Gasteiger partial charge on any atom is -0.465 e. The van der Waals surface area contributed by atoms with Gasteiger partial charge in [0.2, 0.25) is 0 Å². The fourth-order valence-corrected chi connectivity index (χ4v) is 2.58. The second kappa shape index (κ2) is 8.31. The van der Waals surface area contributed by atoms with E-state index in [2.05, 4.69) is 8.92 Å². The van der Waals surface area contributed by atoms with Crippen molar-refractivity contribution < 1.29 is 26.9 Å². The lowest BCUT2D eigenvalue weighted by Gasteiger charge is -2.12. The summed E-state index contributed by atoms with van der Waals surface area (Å²) < 4.78 is 47.1. The van der Waals surface area contributed by atoms with Crippen LogP contribution < -0.4 is 9.74 Å². The Morgan fingerprint density at radius 3 is 2.38 bits per heavy atom. The van der Waals surface area contributed by atoms with E-state index >= 15 is 0 Å². The van der Waals surface area contributed by atoms with Crippen molar-refractivity contribution in [1.82, 2.24) is 4.57 Å². The molecule has 2 rings (SSSR count). The Balaban J connectivity index is 2.05. The van der Waals surface area contributed by atoms with Gasteiger partial charge in [0.25, 0.3) is 5.56 Å². The van der Waals surface area contributed by atoms with E-state index in [-0.39, 0.29) is 5.75 Å². The number of methoxy groups -OCH3 is 1. The number of rotatable bonds is 6. The Hall–Kier alpha value is -2.42. The monoisotopic (exact) mass is 387 g/mol. The van der Waals surface area contributed by atoms with Crippen LogP contribution in [0.1, 0.15) is 21.6 Å². The molecule has 0 unspecified atom stereocenters. The molecule has 0 amide bonds. The number of nitrogens with zero attached hydrogens (tertiary/aromatic N) is 1. The van der Waals surface area contributed by atoms with Crippen molar-refractivity contribution in [3.8, 4) is 5.75 Å². The molecule has 0 saturated heterocycles. The molecule has 1 heterocycles. The molecule has 1 aromatic carbocycles. The molecule has 5 nitrogen and oxygen atoms in total. The zero-order valence-corrected chi connectivity index (χ0v) is 14.8. The number of aryl methyl sites for hydroxylation is 2. The number of ether oxygens (including phenoxy) is 1. The summed E-state index contributed by atoms with van der Waals surface area (Å²) in [4.78, 5) is 23.5. The lowest BCUT2D eigenvalue weighted by molar-refractivity contribution is -0.0369. The predicted octanol–water partition coefficient (Wildman–Crippen LogP) is 3.73. The average molecular weight is 387 g/mol. The van der Waals surface area contributed by atoms with Crippen LogP contribution in [0, 0.1) is 6.92 Å². The van der Waals surface area contributed by atoms with E-state index < -0.39 is 29.1 Å². The highest BCUT2D eigenvalue weighted by atomic mass is 32.2. The van der Waals surface area contributed by atoms with Crippen molar-refractivity contribution in [1.29, 1.82) is 0 Å². The molecule has 0 aliphatic carbocycles. The molecule has 9 heteroatoms. The summed E-state index contributed by atoms with van der Waals surface area (Å²) in [5.41, 5.74) is -3.18. The van der Waals surface area contributed by atoms with E-state index in [9.17, 15) is 22.8 Å². The van der Waals surface area contributed by atoms with Gasteiger partial charge in [0.05, 0.1) is 12.7 Å². The van der Waals surface area contributed by atoms with Crippen molar-refractivity contribution >= 4 is 18.0 Å². The van der Waals surface area contributed by atoms with Gasteiger partial charge < -0.3 is 13.5 Å². The van der Waals surface area contributed by atoms with Crippen LogP contribution in [0.3, 0.4) is 0 Å². The van der Waals surface area contributed by atoms with Crippen LogP contribution in [-0.4, -0.2) is 23.2 Å². The summed E-state index contributed by atoms with van der Waals surface area (Å²) in [5, 5.41) is 0. The Kier molecular flexibility index (Phi) is 6.36. The first kappa shape index (κ1) is 19.9. The third kappa shape index (κ3) is 5.55. The van der Waals surface area contributed by atoms with Gasteiger partial charge in [-0.2, -0.15) is 13.2 Å². The van der Waals surface area contributed by atoms with E-state index in [4.69, 9.17) is 0 Å². The van der Waals surface area contributed by atoms with Gasteiger partial charge in [0.15, 0.2) is 12.0 Å². The Morgan fingerprint density at radius 1 is 1.19 bits per heavy atom. The van der Waals surface area contributed by atoms with E-state index in [0.29, 0.717) is 24.2 Å². The van der Waals surface area contributed by atoms with Gasteiger partial charge in [-0.1, -0.05) is 12.1 Å². The smallest absolute Gasteiger partial charge is 0.465 e. The number of aromatic nitrogens is 1. The van der Waals surface area contributed by atoms with Gasteiger partial charge in [0.1, 0.15) is 5.75 Å². The standard InChI is InChI=1S/C17H16F3NO4S/c1-11-9-14(25-26-17(18,19)20)10-15(22)21(11)8-7-12-3-5-13(6-4-12)16(23)24-2/h3-6,9-10H,7-8H2,1-2H3. The summed E-state index contributed by atoms with van der Waals surface area (Å²) in [6.07, 6.45) is 0.514. The van der Waals surface area contributed by atoms with Gasteiger partial charge >= 0.3 is 11.5 Å². The van der Waals surface area contributed by atoms with Gasteiger partial charge in [-0.05, 0) is 31.0 Å². The third-order valence-corrected chi connectivity index (χ3v) is 4.00. The maximum absolute atomic E-state index is 12.2. The second-order valence-electron chi connectivity index (χ2n) is 5.37. The zero-order chi connectivity index (χ0) is 19.3. The topological polar surface area (TPSA) is 57.5 Å². The lowest BCUT2D eigenvalue weighted by atomic mass is 10.1. The van der Waals surface area contributed by atoms with Crippen LogP contribution in [0.2, 0.25) is 0 Å². The molecule has 0 N–H and O–H groups in total. The number of pyridine rings is 1. The van der Waals surface area contributed by atoms with E-state index in [1.54, 1.807) is 31.2 Å². The third-order valence-electron chi connectivity index (χ3n) is 3.54. The fourth-order valence-electron chi connectivity index (χ4n) is 2.30. The molecular weight excluding hydrogens is 371 g/mol. The van der Waals surface area contributed by atoms with Crippen LogP contribution in [0.15, 0.2) is 41.2 Å². The van der Waals surface area contributed by atoms with Crippen molar-refractivity contribution in [2.45, 2.75) is 25.4 Å². The summed E-state index contributed by atoms with van der Waals surface area (Å²) in [5.74, 6) is -0.579. The number of carbonyl (C=O) groups excluding carboxylic acids is 1. The summed E-state index contributed by atoms with van der Waals surface area (Å²) >= 11 is -0.660. The molecule has 140 valence electrons. The first-order valence-corrected chi connectivity index (χ1v) is 8.25. The first-order valence-electron chi connectivity index (χ1n) is 7.51. The Morgan fingerprint density at radius 2 is 1.85 bits per heavy atom. The Bertz CT molecular complexity index is 831. The summed E-state index contributed by atoms with van der Waals surface area (Å²) in [7, 11) is 1.30.